The van der Waals surface area contributed by atoms with Gasteiger partial charge in [-0.1, -0.05) is 11.6 Å². The number of rotatable bonds is 4. The normalized spacial score (nSPS) is 17.9. The number of likely N-dealkylation sites (tertiary alicyclic amines) is 1. The standard InChI is InChI=1S/C21H25ClFN3O3/c1-13-7-16(22)10-25-19(13)28-18(15-8-17(23)11-24-9-15)14-5-6-26(12-14)20(27)29-21(2,3)4/h7-11,14,18H,5-6,12H2,1-4H3/t14-,18+/m0/s1. The van der Waals surface area contributed by atoms with Gasteiger partial charge in [-0.2, -0.15) is 0 Å². The van der Waals surface area contributed by atoms with Crippen molar-refractivity contribution in [3.05, 3.63) is 52.7 Å². The Morgan fingerprint density at radius 2 is 2.07 bits per heavy atom. The van der Waals surface area contributed by atoms with Gasteiger partial charge in [0.2, 0.25) is 5.88 Å². The summed E-state index contributed by atoms with van der Waals surface area (Å²) in [6.45, 7) is 8.31. The fourth-order valence-electron chi connectivity index (χ4n) is 3.32. The van der Waals surface area contributed by atoms with Crippen LogP contribution in [0.5, 0.6) is 5.88 Å². The number of halogens is 2. The fourth-order valence-corrected chi connectivity index (χ4v) is 3.53. The summed E-state index contributed by atoms with van der Waals surface area (Å²) >= 11 is 5.99. The second-order valence-corrected chi connectivity index (χ2v) is 8.66. The lowest BCUT2D eigenvalue weighted by Gasteiger charge is -2.27. The van der Waals surface area contributed by atoms with Crippen LogP contribution in [-0.2, 0) is 4.74 Å². The molecule has 1 fully saturated rings. The number of hydrogen-bond donors (Lipinski definition) is 0. The first kappa shape index (κ1) is 21.3. The molecular weight excluding hydrogens is 397 g/mol. The Bertz CT molecular complexity index is 888. The molecule has 8 heteroatoms. The first-order valence-corrected chi connectivity index (χ1v) is 9.87. The summed E-state index contributed by atoms with van der Waals surface area (Å²) in [5.74, 6) is -0.0961. The molecule has 0 aromatic carbocycles. The number of amides is 1. The molecule has 1 saturated heterocycles. The lowest BCUT2D eigenvalue weighted by Crippen LogP contribution is -2.36. The van der Waals surface area contributed by atoms with Gasteiger partial charge in [0, 0.05) is 42.5 Å². The highest BCUT2D eigenvalue weighted by Crippen LogP contribution is 2.35. The van der Waals surface area contributed by atoms with Gasteiger partial charge < -0.3 is 14.4 Å². The third-order valence-corrected chi connectivity index (χ3v) is 4.80. The minimum Gasteiger partial charge on any atom is -0.469 e. The van der Waals surface area contributed by atoms with Crippen LogP contribution in [0.2, 0.25) is 5.02 Å². The molecule has 1 aliphatic rings. The molecular formula is C21H25ClFN3O3. The van der Waals surface area contributed by atoms with E-state index in [9.17, 15) is 9.18 Å². The molecule has 0 spiro atoms. The SMILES string of the molecule is Cc1cc(Cl)cnc1O[C@@H](c1cncc(F)c1)[C@H]1CCN(C(=O)OC(C)(C)C)C1. The van der Waals surface area contributed by atoms with Crippen molar-refractivity contribution in [2.75, 3.05) is 13.1 Å². The second kappa shape index (κ2) is 8.53. The fraction of sp³-hybridized carbons (Fsp3) is 0.476. The van der Waals surface area contributed by atoms with E-state index in [1.807, 2.05) is 27.7 Å². The number of carbonyl (C=O) groups is 1. The summed E-state index contributed by atoms with van der Waals surface area (Å²) in [7, 11) is 0. The average molecular weight is 422 g/mol. The molecule has 2 aromatic heterocycles. The summed E-state index contributed by atoms with van der Waals surface area (Å²) in [6, 6.07) is 3.16. The van der Waals surface area contributed by atoms with Crippen molar-refractivity contribution in [1.29, 1.82) is 0 Å². The number of carbonyl (C=O) groups excluding carboxylic acids is 1. The van der Waals surface area contributed by atoms with Crippen molar-refractivity contribution in [3.8, 4) is 5.88 Å². The predicted molar refractivity (Wildman–Crippen MR) is 107 cm³/mol. The number of hydrogen-bond acceptors (Lipinski definition) is 5. The van der Waals surface area contributed by atoms with E-state index in [1.165, 1.54) is 12.3 Å². The number of ether oxygens (including phenoxy) is 2. The maximum Gasteiger partial charge on any atom is 0.410 e. The Hall–Kier alpha value is -2.41. The summed E-state index contributed by atoms with van der Waals surface area (Å²) in [4.78, 5) is 22.3. The Labute approximate surface area is 175 Å². The highest BCUT2D eigenvalue weighted by molar-refractivity contribution is 6.30. The van der Waals surface area contributed by atoms with Crippen LogP contribution in [0.3, 0.4) is 0 Å². The molecule has 0 aliphatic carbocycles. The minimum absolute atomic E-state index is 0.0667. The highest BCUT2D eigenvalue weighted by Gasteiger charge is 2.36. The van der Waals surface area contributed by atoms with Crippen LogP contribution in [0, 0.1) is 18.7 Å². The summed E-state index contributed by atoms with van der Waals surface area (Å²) in [6.07, 6.45) is 4.04. The van der Waals surface area contributed by atoms with E-state index in [1.54, 1.807) is 17.2 Å². The van der Waals surface area contributed by atoms with Crippen molar-refractivity contribution < 1.29 is 18.7 Å². The van der Waals surface area contributed by atoms with E-state index in [2.05, 4.69) is 9.97 Å². The van der Waals surface area contributed by atoms with Crippen LogP contribution in [0.1, 0.15) is 44.4 Å². The Morgan fingerprint density at radius 3 is 2.72 bits per heavy atom. The number of aryl methyl sites for hydroxylation is 1. The highest BCUT2D eigenvalue weighted by atomic mass is 35.5. The number of pyridine rings is 2. The van der Waals surface area contributed by atoms with Crippen molar-refractivity contribution in [3.63, 3.8) is 0 Å². The van der Waals surface area contributed by atoms with Crippen LogP contribution in [0.25, 0.3) is 0 Å². The molecule has 3 rings (SSSR count). The summed E-state index contributed by atoms with van der Waals surface area (Å²) in [5.41, 5.74) is 0.799. The van der Waals surface area contributed by atoms with Gasteiger partial charge in [-0.05, 0) is 46.2 Å². The lowest BCUT2D eigenvalue weighted by molar-refractivity contribution is 0.0272. The van der Waals surface area contributed by atoms with Gasteiger partial charge in [0.1, 0.15) is 17.5 Å². The number of nitrogens with zero attached hydrogens (tertiary/aromatic N) is 3. The molecule has 29 heavy (non-hydrogen) atoms. The first-order chi connectivity index (χ1) is 13.6. The van der Waals surface area contributed by atoms with E-state index in [-0.39, 0.29) is 12.0 Å². The monoisotopic (exact) mass is 421 g/mol. The minimum atomic E-state index is -0.568. The van der Waals surface area contributed by atoms with Crippen molar-refractivity contribution in [1.82, 2.24) is 14.9 Å². The Balaban J connectivity index is 1.83. The summed E-state index contributed by atoms with van der Waals surface area (Å²) < 4.78 is 25.5. The maximum absolute atomic E-state index is 13.8. The van der Waals surface area contributed by atoms with Crippen LogP contribution in [-0.4, -0.2) is 39.7 Å². The third kappa shape index (κ3) is 5.56. The summed E-state index contributed by atoms with van der Waals surface area (Å²) in [5, 5.41) is 0.510. The van der Waals surface area contributed by atoms with E-state index >= 15 is 0 Å². The molecule has 2 atom stereocenters. The Kier molecular flexibility index (Phi) is 6.27. The molecule has 0 unspecified atom stereocenters. The quantitative estimate of drug-likeness (QED) is 0.698. The van der Waals surface area contributed by atoms with Crippen LogP contribution in [0.4, 0.5) is 9.18 Å². The number of aromatic nitrogens is 2. The van der Waals surface area contributed by atoms with Gasteiger partial charge in [0.25, 0.3) is 0 Å². The molecule has 1 amide bonds. The van der Waals surface area contributed by atoms with Gasteiger partial charge in [-0.15, -0.1) is 0 Å². The zero-order chi connectivity index (χ0) is 21.2. The molecule has 0 bridgehead atoms. The van der Waals surface area contributed by atoms with Gasteiger partial charge in [0.15, 0.2) is 0 Å². The average Bonchev–Trinajstić information content (AvgIpc) is 3.09. The molecule has 156 valence electrons. The molecule has 3 heterocycles. The topological polar surface area (TPSA) is 64.6 Å². The zero-order valence-corrected chi connectivity index (χ0v) is 17.7. The molecule has 0 N–H and O–H groups in total. The molecule has 0 radical (unpaired) electrons. The van der Waals surface area contributed by atoms with Gasteiger partial charge in [0.05, 0.1) is 11.2 Å². The molecule has 1 aliphatic heterocycles. The van der Waals surface area contributed by atoms with Gasteiger partial charge >= 0.3 is 6.09 Å². The molecule has 2 aromatic rings. The first-order valence-electron chi connectivity index (χ1n) is 9.49. The van der Waals surface area contributed by atoms with Crippen LogP contribution in [0.15, 0.2) is 30.7 Å². The van der Waals surface area contributed by atoms with E-state index in [4.69, 9.17) is 21.1 Å². The molecule has 0 saturated carbocycles. The van der Waals surface area contributed by atoms with Crippen LogP contribution >= 0.6 is 11.6 Å². The molecule has 6 nitrogen and oxygen atoms in total. The largest absolute Gasteiger partial charge is 0.469 e. The third-order valence-electron chi connectivity index (χ3n) is 4.59. The van der Waals surface area contributed by atoms with E-state index in [0.29, 0.717) is 36.0 Å². The van der Waals surface area contributed by atoms with Crippen molar-refractivity contribution in [2.24, 2.45) is 5.92 Å². The lowest BCUT2D eigenvalue weighted by atomic mass is 9.96. The van der Waals surface area contributed by atoms with E-state index in [0.717, 1.165) is 11.8 Å². The predicted octanol–water partition coefficient (Wildman–Crippen LogP) is 4.95. The van der Waals surface area contributed by atoms with Crippen molar-refractivity contribution >= 4 is 17.7 Å². The van der Waals surface area contributed by atoms with Crippen LogP contribution < -0.4 is 4.74 Å². The zero-order valence-electron chi connectivity index (χ0n) is 17.0. The van der Waals surface area contributed by atoms with Gasteiger partial charge in [-0.25, -0.2) is 14.2 Å². The Morgan fingerprint density at radius 1 is 1.31 bits per heavy atom. The van der Waals surface area contributed by atoms with E-state index < -0.39 is 17.5 Å². The maximum atomic E-state index is 13.8. The van der Waals surface area contributed by atoms with Crippen molar-refractivity contribution in [2.45, 2.75) is 45.8 Å². The van der Waals surface area contributed by atoms with Gasteiger partial charge in [-0.3, -0.25) is 4.98 Å². The smallest absolute Gasteiger partial charge is 0.410 e. The second-order valence-electron chi connectivity index (χ2n) is 8.23.